The van der Waals surface area contributed by atoms with Crippen LogP contribution in [0, 0.1) is 11.8 Å². The molecule has 1 aliphatic carbocycles. The van der Waals surface area contributed by atoms with Crippen LogP contribution in [-0.4, -0.2) is 204 Å². The van der Waals surface area contributed by atoms with E-state index < -0.39 is 0 Å². The van der Waals surface area contributed by atoms with Crippen LogP contribution < -0.4 is 42.0 Å². The minimum atomic E-state index is -0.333. The second kappa shape index (κ2) is 49.2. The number of aromatic nitrogens is 25. The zero-order valence-corrected chi connectivity index (χ0v) is 75.2. The fourth-order valence-corrected chi connectivity index (χ4v) is 14.1. The molecule has 0 radical (unpaired) electrons. The molecule has 2 atom stereocenters. The number of rotatable bonds is 26. The van der Waals surface area contributed by atoms with E-state index in [1.165, 1.54) is 0 Å². The van der Waals surface area contributed by atoms with Gasteiger partial charge in [0.2, 0.25) is 71.1 Å². The summed E-state index contributed by atoms with van der Waals surface area (Å²) in [4.78, 5) is 149. The molecule has 2 aliphatic heterocycles. The van der Waals surface area contributed by atoms with Crippen molar-refractivity contribution in [2.45, 2.75) is 70.6 Å². The highest BCUT2D eigenvalue weighted by atomic mass is 32.1. The number of piperidine rings is 1. The Balaban J connectivity index is 0.000000127. The standard InChI is InChI=1S/C20H15N5O2.C18H15N5OS.C15H14N6O.C14H14N8O.C14H16N6O2.C14H15N5O/c26-19(23-20-22-18(24-25-20)17-8-4-5-13-21-17)14-9-11-16(12-10-14)27-15-6-2-1-3-7-15;24-17(8-9-18-20-13-6-1-2-7-15(13)25-18)21-16-11-14(22-23-16)12-5-3-4-10-19-12;22-13(8-7-11-5-1-3-9-16-11)18-15-19-14(20-21-15)12-6-2-4-10-17-12;23-11(5-9-18-13-16-7-3-8-17-13)19-14-20-12(21-22-14)10-4-1-2-6-15-10;1-20-7-5-9(8-11(20)21)13(22)17-14-16-12(18-19-14)10-4-2-3-6-15-10;20-13(10-6-2-1-3-7-10)17-14-16-12(18-19-14)11-8-4-5-9-15-11/h1-13H,(H2,22,23,24,25,26);1-7,10H,8-9,11H2,(H,21,23,24);1-6,9-10H,7-8H2,(H2,18,19,20,21,22);1-4,6-8H,5,9H2,(H,16,17,18)(H2,19,20,21,22,23);2-4,6,9H,5,7-8H2,1H3,(H2,16,17,18,19,22);1-2,4-5,8-10H,3,6-7H2,(H2,16,17,18,19,20). The first kappa shape index (κ1) is 95.0. The fraction of sp³-hybridized carbons (Fsp3) is 0.168. The summed E-state index contributed by atoms with van der Waals surface area (Å²) in [5, 5.41) is 61.8. The van der Waals surface area contributed by atoms with Crippen molar-refractivity contribution in [3.05, 3.63) is 302 Å². The summed E-state index contributed by atoms with van der Waals surface area (Å²) in [6.45, 7) is 0.997. The van der Waals surface area contributed by atoms with Gasteiger partial charge in [-0.05, 0) is 172 Å². The first-order chi connectivity index (χ1) is 68.1. The predicted molar refractivity (Wildman–Crippen MR) is 517 cm³/mol. The smallest absolute Gasteiger partial charge is 0.258 e. The number of H-pyrrole nitrogens is 5. The van der Waals surface area contributed by atoms with Gasteiger partial charge in [0.05, 0.1) is 33.1 Å². The third-order valence-corrected chi connectivity index (χ3v) is 21.3. The number of amides is 7. The Morgan fingerprint density at radius 1 is 0.403 bits per heavy atom. The number of amidine groups is 1. The number of aryl methyl sites for hydroxylation is 2. The Kier molecular flexibility index (Phi) is 33.6. The van der Waals surface area contributed by atoms with Crippen molar-refractivity contribution >= 4 is 110 Å². The molecule has 139 heavy (non-hydrogen) atoms. The maximum Gasteiger partial charge on any atom is 0.258 e. The Morgan fingerprint density at radius 2 is 0.849 bits per heavy atom. The van der Waals surface area contributed by atoms with Crippen LogP contribution in [0.1, 0.15) is 84.5 Å². The van der Waals surface area contributed by atoms with Gasteiger partial charge in [-0.15, -0.1) is 41.9 Å². The highest BCUT2D eigenvalue weighted by Crippen LogP contribution is 2.27. The zero-order chi connectivity index (χ0) is 96.0. The maximum absolute atomic E-state index is 12.4. The van der Waals surface area contributed by atoms with Crippen LogP contribution in [-0.2, 0) is 41.6 Å². The van der Waals surface area contributed by atoms with Crippen LogP contribution in [0.3, 0.4) is 0 Å². The lowest BCUT2D eigenvalue weighted by Gasteiger charge is -2.27. The molecule has 3 aromatic carbocycles. The largest absolute Gasteiger partial charge is 0.457 e. The number of nitrogens with one attached hydrogen (secondary N) is 12. The summed E-state index contributed by atoms with van der Waals surface area (Å²) in [6, 6.07) is 64.6. The summed E-state index contributed by atoms with van der Waals surface area (Å²) in [6.07, 6.45) is 25.3. The van der Waals surface area contributed by atoms with Gasteiger partial charge in [-0.3, -0.25) is 121 Å². The number of benzene rings is 3. The van der Waals surface area contributed by atoms with Gasteiger partial charge in [-0.2, -0.15) is 30.0 Å². The van der Waals surface area contributed by atoms with Gasteiger partial charge in [-0.25, -0.2) is 15.0 Å². The van der Waals surface area contributed by atoms with Crippen molar-refractivity contribution in [1.29, 1.82) is 0 Å². The molecule has 3 aliphatic rings. The average Bonchev–Trinajstić information content (AvgIpc) is 1.76. The van der Waals surface area contributed by atoms with Crippen LogP contribution in [0.2, 0.25) is 0 Å². The third-order valence-electron chi connectivity index (χ3n) is 20.2. The molecule has 2 unspecified atom stereocenters. The number of carbonyl (C=O) groups excluding carboxylic acids is 7. The van der Waals surface area contributed by atoms with Crippen molar-refractivity contribution in [2.75, 3.05) is 52.0 Å². The molecule has 698 valence electrons. The predicted octanol–water partition coefficient (Wildman–Crippen LogP) is 12.6. The van der Waals surface area contributed by atoms with Crippen molar-refractivity contribution in [2.24, 2.45) is 22.0 Å². The molecule has 12 N–H and O–H groups in total. The van der Waals surface area contributed by atoms with Crippen LogP contribution in [0.4, 0.5) is 35.7 Å². The third kappa shape index (κ3) is 29.2. The number of pyridine rings is 7. The minimum absolute atomic E-state index is 0.0109. The SMILES string of the molecule is CN1CCC(C(=O)Nc2n[nH]c(-c3ccccn3)n2)CC1=O.O=C(CCNc1ncccn1)Nc1n[nH]c(-c2ccccn2)n1.O=C(CCc1ccccn1)Nc1n[nH]c(-c2ccccn2)n1.O=C(CCc1nc2ccccc2s1)NC1=NN=C(c2ccccn2)C1.O=C(Nc1n[nH]c(-c2ccccn2)n1)C1CC=CCC1.O=C(Nc1n[nH]c(-c2ccccn2)n1)c1ccc(Oc2ccccc2)cc1. The summed E-state index contributed by atoms with van der Waals surface area (Å²) < 4.78 is 6.86. The van der Waals surface area contributed by atoms with Gasteiger partial charge in [0.1, 0.15) is 45.8 Å². The topological polar surface area (TPSA) is 578 Å². The molecule has 14 aromatic heterocycles. The summed E-state index contributed by atoms with van der Waals surface area (Å²) in [5.74, 6) is 4.74. The second-order valence-corrected chi connectivity index (χ2v) is 31.4. The monoisotopic (exact) mass is 1880 g/mol. The number of likely N-dealkylation sites (tertiary alicyclic amines) is 1. The van der Waals surface area contributed by atoms with Crippen LogP contribution in [0.5, 0.6) is 11.5 Å². The maximum atomic E-state index is 12.4. The average molecular weight is 1880 g/mol. The highest BCUT2D eigenvalue weighted by molar-refractivity contribution is 7.18. The normalized spacial score (nSPS) is 13.3. The Hall–Kier alpha value is -18.6. The van der Waals surface area contributed by atoms with Crippen LogP contribution in [0.15, 0.2) is 290 Å². The van der Waals surface area contributed by atoms with Crippen molar-refractivity contribution < 1.29 is 38.3 Å². The first-order valence-electron chi connectivity index (χ1n) is 43.7. The minimum Gasteiger partial charge on any atom is -0.457 e. The number of thiazole rings is 1. The van der Waals surface area contributed by atoms with E-state index in [1.807, 2.05) is 164 Å². The lowest BCUT2D eigenvalue weighted by molar-refractivity contribution is -0.137. The number of nitrogens with zero attached hydrogens (tertiary/aromatic N) is 23. The highest BCUT2D eigenvalue weighted by Gasteiger charge is 2.30. The quantitative estimate of drug-likeness (QED) is 0.0224. The Labute approximate surface area is 796 Å². The number of para-hydroxylation sites is 2. The van der Waals surface area contributed by atoms with Gasteiger partial charge in [0.15, 0.2) is 29.1 Å². The van der Waals surface area contributed by atoms with Crippen molar-refractivity contribution in [1.82, 2.24) is 136 Å². The van der Waals surface area contributed by atoms with Gasteiger partial charge >= 0.3 is 0 Å². The fourth-order valence-electron chi connectivity index (χ4n) is 13.2. The second-order valence-electron chi connectivity index (χ2n) is 30.2. The Morgan fingerprint density at radius 3 is 1.34 bits per heavy atom. The number of fused-ring (bicyclic) bond motifs is 1. The molecule has 7 amide bonds. The molecule has 43 nitrogen and oxygen atoms in total. The van der Waals surface area contributed by atoms with Gasteiger partial charge in [-0.1, -0.05) is 84.9 Å². The zero-order valence-electron chi connectivity index (χ0n) is 74.4. The van der Waals surface area contributed by atoms with E-state index >= 15 is 0 Å². The van der Waals surface area contributed by atoms with E-state index in [1.54, 1.807) is 134 Å². The van der Waals surface area contributed by atoms with Gasteiger partial charge in [0, 0.05) is 131 Å². The van der Waals surface area contributed by atoms with E-state index in [9.17, 15) is 33.6 Å². The number of anilines is 6. The molecular formula is C95H89N35O8S. The van der Waals surface area contributed by atoms with E-state index in [2.05, 4.69) is 179 Å². The number of hydrogen-bond donors (Lipinski definition) is 12. The molecular weight excluding hydrogens is 1790 g/mol. The van der Waals surface area contributed by atoms with Gasteiger partial charge < -0.3 is 20.3 Å². The molecule has 0 spiro atoms. The van der Waals surface area contributed by atoms with E-state index in [0.717, 1.165) is 57.3 Å². The Bertz CT molecular complexity index is 6910. The lowest BCUT2D eigenvalue weighted by atomic mass is 9.94. The number of carbonyl (C=O) groups is 7. The molecule has 44 heteroatoms. The number of aromatic amines is 5. The van der Waals surface area contributed by atoms with Crippen LogP contribution in [0.25, 0.3) is 67.8 Å². The lowest BCUT2D eigenvalue weighted by Crippen LogP contribution is -2.40. The molecule has 1 fully saturated rings. The number of allylic oxidation sites excluding steroid dienone is 2. The molecule has 0 bridgehead atoms. The molecule has 1 saturated heterocycles. The van der Waals surface area contributed by atoms with E-state index in [4.69, 9.17) is 4.74 Å². The van der Waals surface area contributed by atoms with Crippen LogP contribution >= 0.6 is 11.3 Å². The molecule has 20 rings (SSSR count). The molecule has 0 saturated carbocycles. The van der Waals surface area contributed by atoms with Crippen molar-refractivity contribution in [3.8, 4) is 69.1 Å². The molecule has 17 aromatic rings. The van der Waals surface area contributed by atoms with E-state index in [-0.39, 0.29) is 89.8 Å². The summed E-state index contributed by atoms with van der Waals surface area (Å²) in [7, 11) is 1.74. The summed E-state index contributed by atoms with van der Waals surface area (Å²) >= 11 is 1.63. The first-order valence-corrected chi connectivity index (χ1v) is 44.5. The van der Waals surface area contributed by atoms with E-state index in [0.29, 0.717) is 138 Å². The number of hydrogen-bond acceptors (Lipinski definition) is 32. The van der Waals surface area contributed by atoms with Crippen molar-refractivity contribution in [3.63, 3.8) is 0 Å². The summed E-state index contributed by atoms with van der Waals surface area (Å²) in [5.41, 5.74) is 7.19. The van der Waals surface area contributed by atoms with Gasteiger partial charge in [0.25, 0.3) is 5.91 Å². The number of ether oxygens (including phenoxy) is 1. The molecule has 16 heterocycles.